The molecule has 1 amide bonds. The van der Waals surface area contributed by atoms with Gasteiger partial charge >= 0.3 is 7.82 Å². The van der Waals surface area contributed by atoms with Crippen LogP contribution in [-0.2, 0) is 18.4 Å². The van der Waals surface area contributed by atoms with E-state index >= 15 is 0 Å². The summed E-state index contributed by atoms with van der Waals surface area (Å²) in [6, 6.07) is -0.879. The van der Waals surface area contributed by atoms with Gasteiger partial charge in [0.05, 0.1) is 25.4 Å². The zero-order valence-electron chi connectivity index (χ0n) is 33.5. The van der Waals surface area contributed by atoms with Crippen molar-refractivity contribution < 1.29 is 28.4 Å². The lowest BCUT2D eigenvalue weighted by Crippen LogP contribution is -2.45. The highest BCUT2D eigenvalue weighted by molar-refractivity contribution is 7.47. The standard InChI is InChI=1S/C43H81N2O6P/c1-3-5-7-9-11-13-15-17-18-19-20-21-22-23-24-25-27-29-31-33-35-37-43(47)45-41(40-51-52(48,49)50-39-38-44)42(46)36-34-32-30-28-26-16-14-12-10-8-6-4-2/h15,17,19-20,26,28,34,36,41-42,46H,3-14,16,18,21-25,27,29-33,35,37-40,44H2,1-2H3,(H,45,47)(H,48,49)/b17-15-,20-19-,28-26+,36-34+. The molecule has 0 aromatic heterocycles. The second kappa shape index (κ2) is 39.2. The van der Waals surface area contributed by atoms with Crippen LogP contribution in [0.3, 0.4) is 0 Å². The van der Waals surface area contributed by atoms with Crippen LogP contribution in [0.4, 0.5) is 0 Å². The molecule has 0 spiro atoms. The van der Waals surface area contributed by atoms with Crippen molar-refractivity contribution in [3.63, 3.8) is 0 Å². The number of phosphoric ester groups is 1. The maximum atomic E-state index is 12.7. The van der Waals surface area contributed by atoms with Crippen molar-refractivity contribution in [3.05, 3.63) is 48.6 Å². The molecule has 0 saturated heterocycles. The summed E-state index contributed by atoms with van der Waals surface area (Å²) in [5.41, 5.74) is 5.36. The van der Waals surface area contributed by atoms with E-state index in [0.717, 1.165) is 44.9 Å². The molecule has 0 saturated carbocycles. The van der Waals surface area contributed by atoms with Crippen LogP contribution in [0.2, 0.25) is 0 Å². The summed E-state index contributed by atoms with van der Waals surface area (Å²) >= 11 is 0. The first-order chi connectivity index (χ1) is 25.4. The summed E-state index contributed by atoms with van der Waals surface area (Å²) in [7, 11) is -4.34. The molecule has 0 aromatic carbocycles. The van der Waals surface area contributed by atoms with E-state index < -0.39 is 20.0 Å². The number of carbonyl (C=O) groups is 1. The van der Waals surface area contributed by atoms with Crippen LogP contribution in [0.15, 0.2) is 48.6 Å². The van der Waals surface area contributed by atoms with Gasteiger partial charge in [0.1, 0.15) is 0 Å². The van der Waals surface area contributed by atoms with E-state index in [0.29, 0.717) is 6.42 Å². The third-order valence-corrected chi connectivity index (χ3v) is 10.1. The van der Waals surface area contributed by atoms with Crippen LogP contribution in [0.1, 0.15) is 187 Å². The Kier molecular flexibility index (Phi) is 38.0. The number of phosphoric acid groups is 1. The third-order valence-electron chi connectivity index (χ3n) is 9.13. The van der Waals surface area contributed by atoms with E-state index in [-0.39, 0.29) is 25.7 Å². The summed E-state index contributed by atoms with van der Waals surface area (Å²) in [6.45, 7) is 4.07. The number of rotatable bonds is 39. The second-order valence-electron chi connectivity index (χ2n) is 14.2. The van der Waals surface area contributed by atoms with E-state index in [9.17, 15) is 19.4 Å². The molecule has 0 aliphatic heterocycles. The Bertz CT molecular complexity index is 954. The molecule has 0 aromatic rings. The third kappa shape index (κ3) is 36.8. The molecule has 304 valence electrons. The molecule has 52 heavy (non-hydrogen) atoms. The number of nitrogens with two attached hydrogens (primary N) is 1. The summed E-state index contributed by atoms with van der Waals surface area (Å²) in [4.78, 5) is 22.7. The van der Waals surface area contributed by atoms with E-state index in [4.69, 9.17) is 14.8 Å². The lowest BCUT2D eigenvalue weighted by molar-refractivity contribution is -0.123. The average Bonchev–Trinajstić information content (AvgIpc) is 3.13. The molecule has 0 fully saturated rings. The lowest BCUT2D eigenvalue weighted by Gasteiger charge is -2.23. The highest BCUT2D eigenvalue weighted by Gasteiger charge is 2.26. The Morgan fingerprint density at radius 3 is 1.60 bits per heavy atom. The molecule has 5 N–H and O–H groups in total. The second-order valence-corrected chi connectivity index (χ2v) is 15.6. The van der Waals surface area contributed by atoms with Gasteiger partial charge in [0.2, 0.25) is 5.91 Å². The fourth-order valence-electron chi connectivity index (χ4n) is 5.88. The van der Waals surface area contributed by atoms with Crippen molar-refractivity contribution in [2.45, 2.75) is 199 Å². The van der Waals surface area contributed by atoms with E-state index in [1.54, 1.807) is 6.08 Å². The highest BCUT2D eigenvalue weighted by atomic mass is 31.2. The Labute approximate surface area is 320 Å². The van der Waals surface area contributed by atoms with Crippen LogP contribution >= 0.6 is 7.82 Å². The van der Waals surface area contributed by atoms with Gasteiger partial charge < -0.3 is 21.1 Å². The largest absolute Gasteiger partial charge is 0.472 e. The maximum Gasteiger partial charge on any atom is 0.472 e. The predicted octanol–water partition coefficient (Wildman–Crippen LogP) is 11.7. The highest BCUT2D eigenvalue weighted by Crippen LogP contribution is 2.43. The van der Waals surface area contributed by atoms with Crippen molar-refractivity contribution >= 4 is 13.7 Å². The Balaban J connectivity index is 4.21. The van der Waals surface area contributed by atoms with Crippen LogP contribution < -0.4 is 11.1 Å². The van der Waals surface area contributed by atoms with Gasteiger partial charge in [-0.15, -0.1) is 0 Å². The van der Waals surface area contributed by atoms with Crippen LogP contribution in [0, 0.1) is 0 Å². The number of nitrogens with one attached hydrogen (secondary N) is 1. The fraction of sp³-hybridized carbons (Fsp3) is 0.791. The molecule has 9 heteroatoms. The minimum Gasteiger partial charge on any atom is -0.387 e. The molecule has 3 unspecified atom stereocenters. The monoisotopic (exact) mass is 753 g/mol. The number of carbonyl (C=O) groups excluding carboxylic acids is 1. The Morgan fingerprint density at radius 1 is 0.635 bits per heavy atom. The first kappa shape index (κ1) is 50.5. The molecule has 8 nitrogen and oxygen atoms in total. The minimum atomic E-state index is -4.34. The molecule has 0 bridgehead atoms. The molecular weight excluding hydrogens is 671 g/mol. The van der Waals surface area contributed by atoms with Gasteiger partial charge in [-0.05, 0) is 64.2 Å². The number of amides is 1. The molecule has 0 heterocycles. The van der Waals surface area contributed by atoms with Gasteiger partial charge in [-0.1, -0.05) is 165 Å². The van der Waals surface area contributed by atoms with Gasteiger partial charge in [0, 0.05) is 13.0 Å². The van der Waals surface area contributed by atoms with Crippen LogP contribution in [0.25, 0.3) is 0 Å². The van der Waals surface area contributed by atoms with Gasteiger partial charge in [-0.25, -0.2) is 4.57 Å². The Hall–Kier alpha value is -1.54. The fourth-order valence-corrected chi connectivity index (χ4v) is 6.64. The van der Waals surface area contributed by atoms with Gasteiger partial charge in [-0.2, -0.15) is 0 Å². The Morgan fingerprint density at radius 2 is 1.08 bits per heavy atom. The number of unbranched alkanes of at least 4 members (excludes halogenated alkanes) is 21. The first-order valence-corrected chi connectivity index (χ1v) is 22.8. The molecule has 0 aliphatic carbocycles. The summed E-state index contributed by atoms with van der Waals surface area (Å²) in [5.74, 6) is -0.211. The minimum absolute atomic E-state index is 0.0719. The maximum absolute atomic E-state index is 12.7. The van der Waals surface area contributed by atoms with Crippen molar-refractivity contribution in [2.75, 3.05) is 19.8 Å². The van der Waals surface area contributed by atoms with E-state index in [1.165, 1.54) is 122 Å². The predicted molar refractivity (Wildman–Crippen MR) is 221 cm³/mol. The number of aliphatic hydroxyl groups is 1. The van der Waals surface area contributed by atoms with Gasteiger partial charge in [-0.3, -0.25) is 13.8 Å². The molecular formula is C43H81N2O6P. The van der Waals surface area contributed by atoms with Crippen LogP contribution in [-0.4, -0.2) is 47.8 Å². The lowest BCUT2D eigenvalue weighted by atomic mass is 10.1. The van der Waals surface area contributed by atoms with Gasteiger partial charge in [0.25, 0.3) is 0 Å². The van der Waals surface area contributed by atoms with Crippen molar-refractivity contribution in [3.8, 4) is 0 Å². The smallest absolute Gasteiger partial charge is 0.387 e. The quantitative estimate of drug-likeness (QED) is 0.0279. The number of hydrogen-bond donors (Lipinski definition) is 4. The van der Waals surface area contributed by atoms with E-state index in [1.807, 2.05) is 6.08 Å². The zero-order valence-corrected chi connectivity index (χ0v) is 34.4. The summed E-state index contributed by atoms with van der Waals surface area (Å²) < 4.78 is 22.1. The number of hydrogen-bond acceptors (Lipinski definition) is 6. The van der Waals surface area contributed by atoms with Crippen LogP contribution in [0.5, 0.6) is 0 Å². The average molecular weight is 753 g/mol. The molecule has 0 rings (SSSR count). The molecule has 0 aliphatic rings. The normalized spacial score (nSPS) is 14.6. The molecule has 0 radical (unpaired) electrons. The number of aliphatic hydroxyl groups excluding tert-OH is 1. The summed E-state index contributed by atoms with van der Waals surface area (Å²) in [6.07, 6.45) is 47.3. The SMILES string of the molecule is CCCCCCC/C=C\C/C=C\CCCCCCCCCCCC(=O)NC(COP(=O)(O)OCCN)C(O)/C=C/CC/C=C/CCCCCCCC. The first-order valence-electron chi connectivity index (χ1n) is 21.3. The van der Waals surface area contributed by atoms with Gasteiger partial charge in [0.15, 0.2) is 0 Å². The zero-order chi connectivity index (χ0) is 38.2. The van der Waals surface area contributed by atoms with E-state index in [2.05, 4.69) is 55.6 Å². The van der Waals surface area contributed by atoms with Crippen molar-refractivity contribution in [1.82, 2.24) is 5.32 Å². The van der Waals surface area contributed by atoms with Crippen molar-refractivity contribution in [2.24, 2.45) is 5.73 Å². The topological polar surface area (TPSA) is 131 Å². The molecule has 3 atom stereocenters. The van der Waals surface area contributed by atoms with Crippen molar-refractivity contribution in [1.29, 1.82) is 0 Å². The number of allylic oxidation sites excluding steroid dienone is 7. The summed E-state index contributed by atoms with van der Waals surface area (Å²) in [5, 5.41) is 13.6.